The van der Waals surface area contributed by atoms with Crippen LogP contribution in [0.4, 0.5) is 0 Å². The van der Waals surface area contributed by atoms with Crippen LogP contribution >= 0.6 is 11.3 Å². The molecule has 3 aromatic rings. The molecule has 0 saturated heterocycles. The number of aliphatic hydroxyl groups is 2. The Morgan fingerprint density at radius 2 is 2.03 bits per heavy atom. The number of carbonyl (C=O) groups excluding carboxylic acids is 1. The molecular formula is C29H35N3O4S. The highest BCUT2D eigenvalue weighted by Crippen LogP contribution is 2.62. The largest absolute Gasteiger partial charge is 0.497 e. The Balaban J connectivity index is 1.46. The van der Waals surface area contributed by atoms with Crippen LogP contribution in [0, 0.1) is 16.7 Å². The summed E-state index contributed by atoms with van der Waals surface area (Å²) in [6, 6.07) is 11.6. The summed E-state index contributed by atoms with van der Waals surface area (Å²) in [5, 5.41) is 25.4. The molecule has 8 heteroatoms. The van der Waals surface area contributed by atoms with Crippen LogP contribution in [0.2, 0.25) is 0 Å². The van der Waals surface area contributed by atoms with E-state index >= 15 is 0 Å². The van der Waals surface area contributed by atoms with Gasteiger partial charge in [0.25, 0.3) is 0 Å². The third kappa shape index (κ3) is 4.67. The maximum absolute atomic E-state index is 13.3. The van der Waals surface area contributed by atoms with Crippen molar-refractivity contribution in [3.8, 4) is 16.3 Å². The van der Waals surface area contributed by atoms with Crippen molar-refractivity contribution in [2.24, 2.45) is 16.7 Å². The van der Waals surface area contributed by atoms with E-state index in [9.17, 15) is 15.0 Å². The van der Waals surface area contributed by atoms with Gasteiger partial charge in [0.1, 0.15) is 10.8 Å². The standard InChI is InChI=1S/C29H35N3O4S/c1-28-11-10-24(34)29(2,17-33)23(28)14-22-26(32-27(37-22)19-5-4-12-30-16-19)21(28)13-25(35)31-15-18-6-8-20(36-3)9-7-18/h4-9,12,16,21,23-24,33-34H,10-11,13-15,17H2,1-3H3,(H,31,35)/t21-,23+,24-,28+,29+/m1/s1. The van der Waals surface area contributed by atoms with Gasteiger partial charge in [-0.3, -0.25) is 9.78 Å². The predicted molar refractivity (Wildman–Crippen MR) is 143 cm³/mol. The number of nitrogens with one attached hydrogen (secondary N) is 1. The van der Waals surface area contributed by atoms with E-state index in [1.807, 2.05) is 49.5 Å². The molecule has 196 valence electrons. The van der Waals surface area contributed by atoms with Gasteiger partial charge < -0.3 is 20.3 Å². The number of rotatable bonds is 7. The number of hydrogen-bond donors (Lipinski definition) is 3. The minimum Gasteiger partial charge on any atom is -0.497 e. The maximum atomic E-state index is 13.3. The third-order valence-electron chi connectivity index (χ3n) is 8.84. The number of pyridine rings is 1. The third-order valence-corrected chi connectivity index (χ3v) is 9.98. The first-order valence-electron chi connectivity index (χ1n) is 12.9. The van der Waals surface area contributed by atoms with Gasteiger partial charge in [0.2, 0.25) is 5.91 Å². The van der Waals surface area contributed by atoms with E-state index in [2.05, 4.69) is 17.2 Å². The van der Waals surface area contributed by atoms with Gasteiger partial charge in [-0.05, 0) is 60.4 Å². The molecule has 0 aliphatic heterocycles. The maximum Gasteiger partial charge on any atom is 0.220 e. The first kappa shape index (κ1) is 25.8. The summed E-state index contributed by atoms with van der Waals surface area (Å²) in [7, 11) is 1.63. The Labute approximate surface area is 222 Å². The molecule has 3 N–H and O–H groups in total. The number of hydrogen-bond acceptors (Lipinski definition) is 7. The molecule has 0 radical (unpaired) electrons. The van der Waals surface area contributed by atoms with Crippen LogP contribution in [0.3, 0.4) is 0 Å². The molecule has 2 aromatic heterocycles. The number of fused-ring (bicyclic) bond motifs is 2. The fourth-order valence-electron chi connectivity index (χ4n) is 6.46. The van der Waals surface area contributed by atoms with E-state index in [4.69, 9.17) is 9.72 Å². The number of amides is 1. The molecule has 37 heavy (non-hydrogen) atoms. The second-order valence-electron chi connectivity index (χ2n) is 10.9. The van der Waals surface area contributed by atoms with Crippen molar-refractivity contribution >= 4 is 17.2 Å². The lowest BCUT2D eigenvalue weighted by Crippen LogP contribution is -2.57. The SMILES string of the molecule is COc1ccc(CNC(=O)C[C@@H]2c3nc(-c4cccnc4)sc3C[C@@H]3[C@](C)(CO)[C@H](O)CC[C@]32C)cc1. The number of ether oxygens (including phenoxy) is 1. The highest BCUT2D eigenvalue weighted by Gasteiger charge is 2.59. The van der Waals surface area contributed by atoms with Gasteiger partial charge >= 0.3 is 0 Å². The molecule has 0 bridgehead atoms. The van der Waals surface area contributed by atoms with E-state index < -0.39 is 11.5 Å². The van der Waals surface area contributed by atoms with Crippen LogP contribution in [-0.2, 0) is 17.8 Å². The second-order valence-corrected chi connectivity index (χ2v) is 12.0. The summed E-state index contributed by atoms with van der Waals surface area (Å²) in [4.78, 5) is 23.8. The van der Waals surface area contributed by atoms with Crippen molar-refractivity contribution < 1.29 is 19.7 Å². The average Bonchev–Trinajstić information content (AvgIpc) is 3.36. The lowest BCUT2D eigenvalue weighted by molar-refractivity contribution is -0.144. The van der Waals surface area contributed by atoms with Crippen molar-refractivity contribution in [2.45, 2.75) is 58.1 Å². The van der Waals surface area contributed by atoms with Gasteiger partial charge in [-0.25, -0.2) is 4.98 Å². The van der Waals surface area contributed by atoms with Gasteiger partial charge in [-0.15, -0.1) is 11.3 Å². The molecule has 5 atom stereocenters. The van der Waals surface area contributed by atoms with Crippen molar-refractivity contribution in [1.82, 2.24) is 15.3 Å². The van der Waals surface area contributed by atoms with Crippen LogP contribution in [0.1, 0.15) is 55.2 Å². The van der Waals surface area contributed by atoms with Gasteiger partial charge in [-0.2, -0.15) is 0 Å². The lowest BCUT2D eigenvalue weighted by atomic mass is 9.47. The van der Waals surface area contributed by atoms with Crippen LogP contribution in [0.5, 0.6) is 5.75 Å². The van der Waals surface area contributed by atoms with Crippen LogP contribution in [-0.4, -0.2) is 45.9 Å². The molecule has 2 heterocycles. The smallest absolute Gasteiger partial charge is 0.220 e. The number of aliphatic hydroxyl groups excluding tert-OH is 2. The summed E-state index contributed by atoms with van der Waals surface area (Å²) in [5.74, 6) is 0.671. The summed E-state index contributed by atoms with van der Waals surface area (Å²) in [6.07, 6.45) is 5.42. The molecule has 1 fully saturated rings. The zero-order valence-electron chi connectivity index (χ0n) is 21.6. The Bertz CT molecular complexity index is 1250. The first-order valence-corrected chi connectivity index (χ1v) is 13.7. The van der Waals surface area contributed by atoms with E-state index in [-0.39, 0.29) is 29.8 Å². The predicted octanol–water partition coefficient (Wildman–Crippen LogP) is 4.34. The number of benzene rings is 1. The Hall–Kier alpha value is -2.81. The minimum atomic E-state index is -0.638. The van der Waals surface area contributed by atoms with Crippen LogP contribution in [0.15, 0.2) is 48.8 Å². The number of aromatic nitrogens is 2. The van der Waals surface area contributed by atoms with Crippen molar-refractivity contribution in [1.29, 1.82) is 0 Å². The molecule has 2 aliphatic rings. The summed E-state index contributed by atoms with van der Waals surface area (Å²) in [5.41, 5.74) is 2.04. The van der Waals surface area contributed by atoms with Crippen LogP contribution < -0.4 is 10.1 Å². The van der Waals surface area contributed by atoms with E-state index in [0.29, 0.717) is 19.4 Å². The molecule has 0 unspecified atom stereocenters. The summed E-state index contributed by atoms with van der Waals surface area (Å²) < 4.78 is 5.22. The molecule has 7 nitrogen and oxygen atoms in total. The fraction of sp³-hybridized carbons (Fsp3) is 0.483. The van der Waals surface area contributed by atoms with Gasteiger partial charge in [0, 0.05) is 47.1 Å². The van der Waals surface area contributed by atoms with Crippen LogP contribution in [0.25, 0.3) is 10.6 Å². The first-order chi connectivity index (χ1) is 17.8. The van der Waals surface area contributed by atoms with Gasteiger partial charge in [0.15, 0.2) is 0 Å². The molecule has 1 saturated carbocycles. The number of thiazole rings is 1. The average molecular weight is 522 g/mol. The lowest BCUT2D eigenvalue weighted by Gasteiger charge is -2.58. The molecule has 1 amide bonds. The molecule has 1 aromatic carbocycles. The molecule has 5 rings (SSSR count). The molecule has 2 aliphatic carbocycles. The summed E-state index contributed by atoms with van der Waals surface area (Å²) >= 11 is 1.64. The number of carbonyl (C=O) groups is 1. The zero-order chi connectivity index (χ0) is 26.2. The zero-order valence-corrected chi connectivity index (χ0v) is 22.4. The highest BCUT2D eigenvalue weighted by atomic mass is 32.1. The minimum absolute atomic E-state index is 0.0265. The monoisotopic (exact) mass is 521 g/mol. The van der Waals surface area contributed by atoms with Crippen molar-refractivity contribution in [2.75, 3.05) is 13.7 Å². The molecule has 0 spiro atoms. The summed E-state index contributed by atoms with van der Waals surface area (Å²) in [6.45, 7) is 4.57. The second kappa shape index (κ2) is 10.2. The van der Waals surface area contributed by atoms with Gasteiger partial charge in [-0.1, -0.05) is 26.0 Å². The van der Waals surface area contributed by atoms with E-state index in [1.54, 1.807) is 24.6 Å². The Morgan fingerprint density at radius 3 is 2.70 bits per heavy atom. The fourth-order valence-corrected chi connectivity index (χ4v) is 7.62. The number of nitrogens with zero attached hydrogens (tertiary/aromatic N) is 2. The quantitative estimate of drug-likeness (QED) is 0.427. The van der Waals surface area contributed by atoms with Crippen molar-refractivity contribution in [3.05, 3.63) is 64.9 Å². The Morgan fingerprint density at radius 1 is 1.24 bits per heavy atom. The van der Waals surface area contributed by atoms with E-state index in [1.165, 1.54) is 0 Å². The molecular weight excluding hydrogens is 486 g/mol. The normalized spacial score (nSPS) is 28.7. The highest BCUT2D eigenvalue weighted by molar-refractivity contribution is 7.15. The topological polar surface area (TPSA) is 105 Å². The Kier molecular flexibility index (Phi) is 7.09. The van der Waals surface area contributed by atoms with Gasteiger partial charge in [0.05, 0.1) is 25.5 Å². The number of methoxy groups -OCH3 is 1. The van der Waals surface area contributed by atoms with E-state index in [0.717, 1.165) is 45.3 Å². The van der Waals surface area contributed by atoms with Crippen molar-refractivity contribution in [3.63, 3.8) is 0 Å².